The molecule has 1 heterocycles. The van der Waals surface area contributed by atoms with Crippen LogP contribution in [0, 0.1) is 24.4 Å². The van der Waals surface area contributed by atoms with E-state index in [2.05, 4.69) is 10.4 Å². The summed E-state index contributed by atoms with van der Waals surface area (Å²) < 4.78 is 41.7. The monoisotopic (exact) mass is 269 g/mol. The predicted molar refractivity (Wildman–Crippen MR) is 65.2 cm³/mol. The molecule has 0 aliphatic heterocycles. The molecule has 3 nitrogen and oxygen atoms in total. The van der Waals surface area contributed by atoms with E-state index in [9.17, 15) is 13.2 Å². The molecule has 0 radical (unpaired) electrons. The Morgan fingerprint density at radius 1 is 1.16 bits per heavy atom. The first-order chi connectivity index (χ1) is 8.95. The SMILES string of the molecule is CNC(c1cn(C)nc1C)c1ccc(F)c(F)c1F. The molecule has 0 aliphatic carbocycles. The Bertz CT molecular complexity index is 607. The molecule has 6 heteroatoms. The molecule has 0 saturated heterocycles. The highest BCUT2D eigenvalue weighted by atomic mass is 19.2. The van der Waals surface area contributed by atoms with Gasteiger partial charge in [0, 0.05) is 24.4 Å². The Morgan fingerprint density at radius 2 is 1.84 bits per heavy atom. The van der Waals surface area contributed by atoms with Crippen LogP contribution in [0.2, 0.25) is 0 Å². The van der Waals surface area contributed by atoms with Gasteiger partial charge in [0.25, 0.3) is 0 Å². The standard InChI is InChI=1S/C13H14F3N3/c1-7-9(6-19(3)18-7)13(17-2)8-4-5-10(14)12(16)11(8)15/h4-6,13,17H,1-3H3. The fraction of sp³-hybridized carbons (Fsp3) is 0.308. The Balaban J connectivity index is 2.54. The summed E-state index contributed by atoms with van der Waals surface area (Å²) >= 11 is 0. The van der Waals surface area contributed by atoms with Gasteiger partial charge >= 0.3 is 0 Å². The summed E-state index contributed by atoms with van der Waals surface area (Å²) in [6.07, 6.45) is 1.72. The number of rotatable bonds is 3. The minimum absolute atomic E-state index is 0.0532. The average molecular weight is 269 g/mol. The molecule has 0 spiro atoms. The van der Waals surface area contributed by atoms with Crippen LogP contribution in [-0.4, -0.2) is 16.8 Å². The summed E-state index contributed by atoms with van der Waals surface area (Å²) in [6, 6.07) is 1.58. The van der Waals surface area contributed by atoms with Gasteiger partial charge in [0.05, 0.1) is 11.7 Å². The van der Waals surface area contributed by atoms with Gasteiger partial charge in [0.15, 0.2) is 17.5 Å². The molecule has 1 unspecified atom stereocenters. The average Bonchev–Trinajstić information content (AvgIpc) is 2.69. The molecule has 19 heavy (non-hydrogen) atoms. The number of aryl methyl sites for hydroxylation is 2. The maximum Gasteiger partial charge on any atom is 0.194 e. The molecule has 2 rings (SSSR count). The van der Waals surface area contributed by atoms with E-state index in [0.29, 0.717) is 5.69 Å². The first-order valence-corrected chi connectivity index (χ1v) is 5.76. The fourth-order valence-corrected chi connectivity index (χ4v) is 2.14. The van der Waals surface area contributed by atoms with Gasteiger partial charge in [-0.15, -0.1) is 0 Å². The van der Waals surface area contributed by atoms with Crippen molar-refractivity contribution in [2.75, 3.05) is 7.05 Å². The largest absolute Gasteiger partial charge is 0.309 e. The third kappa shape index (κ3) is 2.35. The first kappa shape index (κ1) is 13.6. The van der Waals surface area contributed by atoms with Crippen LogP contribution in [0.3, 0.4) is 0 Å². The summed E-state index contributed by atoms with van der Waals surface area (Å²) in [5.74, 6) is -3.83. The Hall–Kier alpha value is -1.82. The lowest BCUT2D eigenvalue weighted by molar-refractivity contribution is 0.435. The summed E-state index contributed by atoms with van der Waals surface area (Å²) in [5.41, 5.74) is 1.47. The van der Waals surface area contributed by atoms with Crippen LogP contribution >= 0.6 is 0 Å². The summed E-state index contributed by atoms with van der Waals surface area (Å²) in [5, 5.41) is 7.06. The van der Waals surface area contributed by atoms with Crippen molar-refractivity contribution in [1.29, 1.82) is 0 Å². The van der Waals surface area contributed by atoms with Crippen LogP contribution in [-0.2, 0) is 7.05 Å². The summed E-state index contributed by atoms with van der Waals surface area (Å²) in [4.78, 5) is 0. The van der Waals surface area contributed by atoms with Crippen LogP contribution in [0.25, 0.3) is 0 Å². The molecule has 102 valence electrons. The van der Waals surface area contributed by atoms with Gasteiger partial charge in [-0.25, -0.2) is 13.2 Å². The second kappa shape index (κ2) is 5.05. The van der Waals surface area contributed by atoms with E-state index in [4.69, 9.17) is 0 Å². The molecule has 1 N–H and O–H groups in total. The molecular formula is C13H14F3N3. The van der Waals surface area contributed by atoms with Gasteiger partial charge in [-0.05, 0) is 20.0 Å². The molecule has 0 bridgehead atoms. The predicted octanol–water partition coefficient (Wildman–Crippen LogP) is 2.45. The number of nitrogens with zero attached hydrogens (tertiary/aromatic N) is 2. The normalized spacial score (nSPS) is 12.7. The van der Waals surface area contributed by atoms with E-state index in [-0.39, 0.29) is 5.56 Å². The summed E-state index contributed by atoms with van der Waals surface area (Å²) in [7, 11) is 3.36. The molecule has 0 aliphatic rings. The van der Waals surface area contributed by atoms with Gasteiger partial charge in [-0.1, -0.05) is 6.07 Å². The zero-order valence-electron chi connectivity index (χ0n) is 10.8. The second-order valence-electron chi connectivity index (χ2n) is 4.33. The third-order valence-corrected chi connectivity index (χ3v) is 3.03. The van der Waals surface area contributed by atoms with E-state index in [1.807, 2.05) is 0 Å². The number of hydrogen-bond acceptors (Lipinski definition) is 2. The van der Waals surface area contributed by atoms with Crippen molar-refractivity contribution in [2.45, 2.75) is 13.0 Å². The van der Waals surface area contributed by atoms with Crippen LogP contribution in [0.5, 0.6) is 0 Å². The van der Waals surface area contributed by atoms with Crippen molar-refractivity contribution in [3.05, 3.63) is 52.6 Å². The molecular weight excluding hydrogens is 255 g/mol. The highest BCUT2D eigenvalue weighted by molar-refractivity contribution is 5.34. The van der Waals surface area contributed by atoms with Crippen molar-refractivity contribution >= 4 is 0 Å². The van der Waals surface area contributed by atoms with E-state index < -0.39 is 23.5 Å². The summed E-state index contributed by atoms with van der Waals surface area (Å²) in [6.45, 7) is 1.78. The van der Waals surface area contributed by atoms with Gasteiger partial charge in [-0.3, -0.25) is 4.68 Å². The topological polar surface area (TPSA) is 29.9 Å². The zero-order chi connectivity index (χ0) is 14.2. The zero-order valence-corrected chi connectivity index (χ0v) is 10.8. The molecule has 0 saturated carbocycles. The third-order valence-electron chi connectivity index (χ3n) is 3.03. The molecule has 1 aromatic carbocycles. The van der Waals surface area contributed by atoms with Crippen molar-refractivity contribution in [3.8, 4) is 0 Å². The second-order valence-corrected chi connectivity index (χ2v) is 4.33. The van der Waals surface area contributed by atoms with Crippen molar-refractivity contribution in [1.82, 2.24) is 15.1 Å². The first-order valence-electron chi connectivity index (χ1n) is 5.76. The van der Waals surface area contributed by atoms with Gasteiger partial charge < -0.3 is 5.32 Å². The van der Waals surface area contributed by atoms with Crippen molar-refractivity contribution in [3.63, 3.8) is 0 Å². The highest BCUT2D eigenvalue weighted by Gasteiger charge is 2.23. The van der Waals surface area contributed by atoms with Crippen molar-refractivity contribution in [2.24, 2.45) is 7.05 Å². The number of halogens is 3. The Kier molecular flexibility index (Phi) is 3.61. The lowest BCUT2D eigenvalue weighted by Gasteiger charge is -2.17. The molecule has 0 fully saturated rings. The lowest BCUT2D eigenvalue weighted by Crippen LogP contribution is -2.20. The Morgan fingerprint density at radius 3 is 2.37 bits per heavy atom. The van der Waals surface area contributed by atoms with Crippen LogP contribution in [0.4, 0.5) is 13.2 Å². The number of hydrogen-bond donors (Lipinski definition) is 1. The van der Waals surface area contributed by atoms with Gasteiger partial charge in [0.2, 0.25) is 0 Å². The molecule has 0 amide bonds. The smallest absolute Gasteiger partial charge is 0.194 e. The van der Waals surface area contributed by atoms with Crippen LogP contribution < -0.4 is 5.32 Å². The maximum atomic E-state index is 13.8. The minimum Gasteiger partial charge on any atom is -0.309 e. The van der Waals surface area contributed by atoms with E-state index in [1.165, 1.54) is 6.07 Å². The van der Waals surface area contributed by atoms with E-state index >= 15 is 0 Å². The lowest BCUT2D eigenvalue weighted by atomic mass is 9.99. The van der Waals surface area contributed by atoms with Crippen molar-refractivity contribution < 1.29 is 13.2 Å². The molecule has 1 atom stereocenters. The van der Waals surface area contributed by atoms with E-state index in [0.717, 1.165) is 11.6 Å². The highest BCUT2D eigenvalue weighted by Crippen LogP contribution is 2.28. The van der Waals surface area contributed by atoms with Gasteiger partial charge in [0.1, 0.15) is 0 Å². The minimum atomic E-state index is -1.46. The number of nitrogens with one attached hydrogen (secondary N) is 1. The van der Waals surface area contributed by atoms with E-state index in [1.54, 1.807) is 31.9 Å². The van der Waals surface area contributed by atoms with Crippen LogP contribution in [0.15, 0.2) is 18.3 Å². The maximum absolute atomic E-state index is 13.8. The molecule has 2 aromatic rings. The van der Waals surface area contributed by atoms with Crippen LogP contribution in [0.1, 0.15) is 22.9 Å². The molecule has 1 aromatic heterocycles. The number of benzene rings is 1. The quantitative estimate of drug-likeness (QED) is 0.867. The van der Waals surface area contributed by atoms with Gasteiger partial charge in [-0.2, -0.15) is 5.10 Å². The fourth-order valence-electron chi connectivity index (χ4n) is 2.14. The number of aromatic nitrogens is 2. The Labute approximate surface area is 109 Å².